The number of rotatable bonds is 6. The number of benzene rings is 3. The number of ether oxygens (including phenoxy) is 1. The van der Waals surface area contributed by atoms with Gasteiger partial charge in [-0.2, -0.15) is 0 Å². The number of aryl methyl sites for hydroxylation is 1. The number of carbonyl (C=O) groups excluding carboxylic acids is 2. The summed E-state index contributed by atoms with van der Waals surface area (Å²) in [7, 11) is 1.59. The molecule has 0 aromatic heterocycles. The summed E-state index contributed by atoms with van der Waals surface area (Å²) >= 11 is 7.27. The van der Waals surface area contributed by atoms with Gasteiger partial charge >= 0.3 is 0 Å². The molecule has 2 amide bonds. The second-order valence-electron chi connectivity index (χ2n) is 6.95. The minimum Gasteiger partial charge on any atom is -0.497 e. The number of hydrogen-bond acceptors (Lipinski definition) is 4. The Morgan fingerprint density at radius 2 is 1.52 bits per heavy atom. The summed E-state index contributed by atoms with van der Waals surface area (Å²) in [5, 5.41) is 0.611. The lowest BCUT2D eigenvalue weighted by molar-refractivity contribution is -0.119. The van der Waals surface area contributed by atoms with Crippen molar-refractivity contribution in [1.29, 1.82) is 0 Å². The zero-order valence-corrected chi connectivity index (χ0v) is 18.7. The van der Waals surface area contributed by atoms with Crippen molar-refractivity contribution in [2.45, 2.75) is 18.2 Å². The summed E-state index contributed by atoms with van der Waals surface area (Å²) in [6.07, 6.45) is 0.884. The summed E-state index contributed by atoms with van der Waals surface area (Å²) in [6.45, 7) is 2.06. The van der Waals surface area contributed by atoms with Crippen LogP contribution in [0.3, 0.4) is 0 Å². The van der Waals surface area contributed by atoms with E-state index in [0.29, 0.717) is 32.5 Å². The Bertz CT molecular complexity index is 1150. The predicted octanol–water partition coefficient (Wildman–Crippen LogP) is 5.99. The van der Waals surface area contributed by atoms with Crippen LogP contribution in [0, 0.1) is 0 Å². The largest absolute Gasteiger partial charge is 0.497 e. The van der Waals surface area contributed by atoms with E-state index < -0.39 is 0 Å². The van der Waals surface area contributed by atoms with Gasteiger partial charge in [-0.15, -0.1) is 0 Å². The normalized spacial score (nSPS) is 13.8. The lowest BCUT2D eigenvalue weighted by Crippen LogP contribution is -2.31. The van der Waals surface area contributed by atoms with Crippen LogP contribution in [0.25, 0.3) is 5.57 Å². The van der Waals surface area contributed by atoms with Gasteiger partial charge in [0.2, 0.25) is 0 Å². The molecule has 0 bridgehead atoms. The molecular formula is C25H20ClNO3S. The van der Waals surface area contributed by atoms with Gasteiger partial charge < -0.3 is 4.74 Å². The van der Waals surface area contributed by atoms with Crippen LogP contribution in [0.15, 0.2) is 82.6 Å². The quantitative estimate of drug-likeness (QED) is 0.434. The molecule has 0 aliphatic carbocycles. The van der Waals surface area contributed by atoms with Crippen molar-refractivity contribution in [2.24, 2.45) is 0 Å². The van der Waals surface area contributed by atoms with Gasteiger partial charge in [0.15, 0.2) is 0 Å². The molecule has 0 atom stereocenters. The van der Waals surface area contributed by atoms with Crippen molar-refractivity contribution >= 4 is 46.4 Å². The lowest BCUT2D eigenvalue weighted by Gasteiger charge is -2.15. The highest BCUT2D eigenvalue weighted by Gasteiger charge is 2.40. The fourth-order valence-electron chi connectivity index (χ4n) is 3.35. The second kappa shape index (κ2) is 9.00. The predicted molar refractivity (Wildman–Crippen MR) is 126 cm³/mol. The molecule has 0 fully saturated rings. The first-order chi connectivity index (χ1) is 15.0. The molecule has 4 rings (SSSR count). The third-order valence-electron chi connectivity index (χ3n) is 5.06. The van der Waals surface area contributed by atoms with Crippen LogP contribution in [0.1, 0.15) is 18.1 Å². The zero-order valence-electron chi connectivity index (χ0n) is 17.1. The van der Waals surface area contributed by atoms with Crippen LogP contribution < -0.4 is 9.64 Å². The minimum absolute atomic E-state index is 0.333. The van der Waals surface area contributed by atoms with E-state index in [-0.39, 0.29) is 11.8 Å². The van der Waals surface area contributed by atoms with Gasteiger partial charge in [0, 0.05) is 9.92 Å². The zero-order chi connectivity index (χ0) is 22.0. The average molecular weight is 450 g/mol. The Labute approximate surface area is 190 Å². The fourth-order valence-corrected chi connectivity index (χ4v) is 4.47. The number of anilines is 1. The van der Waals surface area contributed by atoms with Crippen molar-refractivity contribution in [3.05, 3.63) is 93.9 Å². The van der Waals surface area contributed by atoms with E-state index in [1.807, 2.05) is 36.4 Å². The first-order valence-electron chi connectivity index (χ1n) is 9.81. The molecule has 4 nitrogen and oxygen atoms in total. The second-order valence-corrected chi connectivity index (χ2v) is 8.47. The number of amides is 2. The van der Waals surface area contributed by atoms with Gasteiger partial charge in [-0.25, -0.2) is 4.90 Å². The van der Waals surface area contributed by atoms with E-state index in [4.69, 9.17) is 16.3 Å². The number of carbonyl (C=O) groups is 2. The maximum atomic E-state index is 13.5. The molecule has 0 radical (unpaired) electrons. The van der Waals surface area contributed by atoms with Crippen LogP contribution in [-0.2, 0) is 16.0 Å². The Morgan fingerprint density at radius 1 is 0.871 bits per heavy atom. The summed E-state index contributed by atoms with van der Waals surface area (Å²) < 4.78 is 5.23. The molecule has 0 saturated carbocycles. The number of halogens is 1. The molecule has 6 heteroatoms. The molecule has 1 heterocycles. The van der Waals surface area contributed by atoms with E-state index in [0.717, 1.165) is 16.9 Å². The Balaban J connectivity index is 1.78. The van der Waals surface area contributed by atoms with E-state index in [1.165, 1.54) is 16.7 Å². The van der Waals surface area contributed by atoms with Crippen molar-refractivity contribution in [2.75, 3.05) is 12.0 Å². The molecule has 3 aromatic rings. The number of hydrogen-bond donors (Lipinski definition) is 0. The number of nitrogens with zero attached hydrogens (tertiary/aromatic N) is 1. The van der Waals surface area contributed by atoms with E-state index >= 15 is 0 Å². The van der Waals surface area contributed by atoms with Crippen molar-refractivity contribution in [3.8, 4) is 5.75 Å². The van der Waals surface area contributed by atoms with Gasteiger partial charge in [-0.3, -0.25) is 9.59 Å². The molecule has 1 aliphatic heterocycles. The first-order valence-corrected chi connectivity index (χ1v) is 11.0. The Hall–Kier alpha value is -3.02. The smallest absolute Gasteiger partial charge is 0.272 e. The van der Waals surface area contributed by atoms with Crippen LogP contribution in [-0.4, -0.2) is 18.9 Å². The average Bonchev–Trinajstić information content (AvgIpc) is 3.04. The third-order valence-corrected chi connectivity index (χ3v) is 6.40. The molecule has 3 aromatic carbocycles. The Kier molecular flexibility index (Phi) is 6.16. The van der Waals surface area contributed by atoms with Crippen molar-refractivity contribution in [1.82, 2.24) is 0 Å². The fraction of sp³-hybridized carbons (Fsp3) is 0.120. The highest BCUT2D eigenvalue weighted by molar-refractivity contribution is 8.04. The molecule has 0 unspecified atom stereocenters. The van der Waals surface area contributed by atoms with Gasteiger partial charge in [0.05, 0.1) is 23.3 Å². The summed E-state index contributed by atoms with van der Waals surface area (Å²) in [4.78, 5) is 29.3. The van der Waals surface area contributed by atoms with Crippen molar-refractivity contribution < 1.29 is 14.3 Å². The van der Waals surface area contributed by atoms with Crippen LogP contribution >= 0.6 is 23.4 Å². The topological polar surface area (TPSA) is 46.6 Å². The standard InChI is InChI=1S/C25H20ClNO3S/c1-3-16-4-10-19(11-5-16)27-24(28)22(17-6-12-20(30-2)13-7-17)23(25(27)29)31-21-14-8-18(26)9-15-21/h4-15H,3H2,1-2H3. The molecule has 0 N–H and O–H groups in total. The summed E-state index contributed by atoms with van der Waals surface area (Å²) in [5.41, 5.74) is 2.75. The SMILES string of the molecule is CCc1ccc(N2C(=O)C(Sc3ccc(Cl)cc3)=C(c3ccc(OC)cc3)C2=O)cc1. The van der Waals surface area contributed by atoms with Gasteiger partial charge in [-0.05, 0) is 66.1 Å². The highest BCUT2D eigenvalue weighted by Crippen LogP contribution is 2.41. The van der Waals surface area contributed by atoms with Crippen LogP contribution in [0.4, 0.5) is 5.69 Å². The van der Waals surface area contributed by atoms with E-state index in [9.17, 15) is 9.59 Å². The lowest BCUT2D eigenvalue weighted by atomic mass is 10.1. The van der Waals surface area contributed by atoms with Gasteiger partial charge in [0.25, 0.3) is 11.8 Å². The maximum Gasteiger partial charge on any atom is 0.272 e. The van der Waals surface area contributed by atoms with E-state index in [1.54, 1.807) is 43.5 Å². The number of thioether (sulfide) groups is 1. The first kappa shape index (κ1) is 21.2. The maximum absolute atomic E-state index is 13.5. The third kappa shape index (κ3) is 4.24. The molecule has 0 saturated heterocycles. The molecule has 0 spiro atoms. The summed E-state index contributed by atoms with van der Waals surface area (Å²) in [6, 6.07) is 21.9. The van der Waals surface area contributed by atoms with Gasteiger partial charge in [-0.1, -0.05) is 54.6 Å². The molecule has 1 aliphatic rings. The molecule has 31 heavy (non-hydrogen) atoms. The summed E-state index contributed by atoms with van der Waals surface area (Å²) in [5.74, 6) is 0.0101. The van der Waals surface area contributed by atoms with E-state index in [2.05, 4.69) is 6.92 Å². The molecule has 156 valence electrons. The minimum atomic E-state index is -0.337. The van der Waals surface area contributed by atoms with Crippen molar-refractivity contribution in [3.63, 3.8) is 0 Å². The monoisotopic (exact) mass is 449 g/mol. The highest BCUT2D eigenvalue weighted by atomic mass is 35.5. The number of methoxy groups -OCH3 is 1. The number of imide groups is 1. The molecular weight excluding hydrogens is 430 g/mol. The van der Waals surface area contributed by atoms with Gasteiger partial charge in [0.1, 0.15) is 5.75 Å². The van der Waals surface area contributed by atoms with Crippen LogP contribution in [0.5, 0.6) is 5.75 Å². The Morgan fingerprint density at radius 3 is 2.10 bits per heavy atom. The van der Waals surface area contributed by atoms with Crippen LogP contribution in [0.2, 0.25) is 5.02 Å².